The number of hydrogen-bond donors (Lipinski definition) is 3. The second-order valence-corrected chi connectivity index (χ2v) is 8.06. The number of sulfonamides is 1. The van der Waals surface area contributed by atoms with E-state index in [0.29, 0.717) is 18.8 Å². The zero-order valence-corrected chi connectivity index (χ0v) is 17.3. The number of hydrogen-bond acceptors (Lipinski definition) is 5. The number of rotatable bonds is 10. The van der Waals surface area contributed by atoms with E-state index in [1.54, 1.807) is 38.1 Å². The normalized spacial score (nSPS) is 11.3. The van der Waals surface area contributed by atoms with Crippen LogP contribution < -0.4 is 16.0 Å². The minimum atomic E-state index is -3.51. The fourth-order valence-corrected chi connectivity index (χ4v) is 4.02. The Morgan fingerprint density at radius 1 is 0.966 bits per heavy atom. The molecule has 9 nitrogen and oxygen atoms in total. The number of furan rings is 1. The molecule has 0 aliphatic heterocycles. The van der Waals surface area contributed by atoms with Crippen LogP contribution in [0.3, 0.4) is 0 Å². The molecule has 0 bridgehead atoms. The number of amides is 3. The Labute approximate surface area is 170 Å². The Balaban J connectivity index is 1.76. The monoisotopic (exact) mass is 422 g/mol. The van der Waals surface area contributed by atoms with E-state index in [9.17, 15) is 18.0 Å². The summed E-state index contributed by atoms with van der Waals surface area (Å²) in [5.41, 5.74) is 0.737. The first-order valence-corrected chi connectivity index (χ1v) is 10.7. The average Bonchev–Trinajstić information content (AvgIpc) is 3.24. The first-order chi connectivity index (χ1) is 13.9. The zero-order chi connectivity index (χ0) is 21.3. The lowest BCUT2D eigenvalue weighted by atomic mass is 10.2. The molecule has 0 spiro atoms. The van der Waals surface area contributed by atoms with Gasteiger partial charge in [0.2, 0.25) is 15.9 Å². The van der Waals surface area contributed by atoms with Crippen molar-refractivity contribution < 1.29 is 22.4 Å². The number of benzene rings is 1. The summed E-state index contributed by atoms with van der Waals surface area (Å²) in [5.74, 6) is 0.275. The first-order valence-electron chi connectivity index (χ1n) is 9.26. The van der Waals surface area contributed by atoms with Gasteiger partial charge in [0.25, 0.3) is 0 Å². The highest BCUT2D eigenvalue weighted by atomic mass is 32.2. The van der Waals surface area contributed by atoms with Crippen molar-refractivity contribution in [3.8, 4) is 0 Å². The molecule has 1 heterocycles. The fourth-order valence-electron chi connectivity index (χ4n) is 2.56. The SMILES string of the molecule is CCN(CC)S(=O)(=O)c1ccc(CNC(=O)NCC(=O)NCc2ccco2)cc1. The van der Waals surface area contributed by atoms with Crippen LogP contribution in [0.25, 0.3) is 0 Å². The lowest BCUT2D eigenvalue weighted by molar-refractivity contribution is -0.120. The summed E-state index contributed by atoms with van der Waals surface area (Å²) < 4.78 is 31.4. The van der Waals surface area contributed by atoms with Crippen LogP contribution in [-0.2, 0) is 27.9 Å². The summed E-state index contributed by atoms with van der Waals surface area (Å²) in [7, 11) is -3.51. The highest BCUT2D eigenvalue weighted by Gasteiger charge is 2.21. The number of carbonyl (C=O) groups is 2. The molecule has 0 radical (unpaired) electrons. The molecule has 0 saturated heterocycles. The Hall–Kier alpha value is -2.85. The Morgan fingerprint density at radius 3 is 2.24 bits per heavy atom. The van der Waals surface area contributed by atoms with Crippen molar-refractivity contribution in [3.63, 3.8) is 0 Å². The lowest BCUT2D eigenvalue weighted by Crippen LogP contribution is -2.41. The molecule has 2 aromatic rings. The number of urea groups is 1. The van der Waals surface area contributed by atoms with Crippen LogP contribution in [-0.4, -0.2) is 44.3 Å². The van der Waals surface area contributed by atoms with E-state index in [0.717, 1.165) is 5.56 Å². The summed E-state index contributed by atoms with van der Waals surface area (Å²) in [5, 5.41) is 7.69. The molecule has 0 unspecified atom stereocenters. The lowest BCUT2D eigenvalue weighted by Gasteiger charge is -2.18. The predicted molar refractivity (Wildman–Crippen MR) is 107 cm³/mol. The largest absolute Gasteiger partial charge is 0.467 e. The molecule has 3 N–H and O–H groups in total. The number of carbonyl (C=O) groups excluding carboxylic acids is 2. The first kappa shape index (κ1) is 22.4. The van der Waals surface area contributed by atoms with Crippen molar-refractivity contribution in [2.45, 2.75) is 31.8 Å². The molecule has 29 heavy (non-hydrogen) atoms. The van der Waals surface area contributed by atoms with Crippen molar-refractivity contribution in [1.29, 1.82) is 0 Å². The van der Waals surface area contributed by atoms with Gasteiger partial charge in [0.05, 0.1) is 24.2 Å². The zero-order valence-electron chi connectivity index (χ0n) is 16.5. The minimum Gasteiger partial charge on any atom is -0.467 e. The molecule has 0 atom stereocenters. The molecule has 0 saturated carbocycles. The van der Waals surface area contributed by atoms with Gasteiger partial charge in [0.15, 0.2) is 0 Å². The van der Waals surface area contributed by atoms with Crippen molar-refractivity contribution in [1.82, 2.24) is 20.3 Å². The fraction of sp³-hybridized carbons (Fsp3) is 0.368. The highest BCUT2D eigenvalue weighted by Crippen LogP contribution is 2.16. The van der Waals surface area contributed by atoms with Gasteiger partial charge in [0.1, 0.15) is 5.76 Å². The topological polar surface area (TPSA) is 121 Å². The number of nitrogens with zero attached hydrogens (tertiary/aromatic N) is 1. The van der Waals surface area contributed by atoms with Crippen LogP contribution in [0.5, 0.6) is 0 Å². The van der Waals surface area contributed by atoms with E-state index in [1.807, 2.05) is 0 Å². The molecule has 0 aliphatic carbocycles. The van der Waals surface area contributed by atoms with Gasteiger partial charge in [0, 0.05) is 19.6 Å². The molecule has 0 fully saturated rings. The standard InChI is InChI=1S/C19H26N4O5S/c1-3-23(4-2)29(26,27)17-9-7-15(8-10-17)12-21-19(25)22-14-18(24)20-13-16-6-5-11-28-16/h5-11H,3-4,12-14H2,1-2H3,(H,20,24)(H2,21,22,25). The van der Waals surface area contributed by atoms with Gasteiger partial charge in [-0.1, -0.05) is 26.0 Å². The van der Waals surface area contributed by atoms with Gasteiger partial charge in [-0.05, 0) is 29.8 Å². The summed E-state index contributed by atoms with van der Waals surface area (Å²) in [4.78, 5) is 23.7. The highest BCUT2D eigenvalue weighted by molar-refractivity contribution is 7.89. The van der Waals surface area contributed by atoms with Crippen LogP contribution in [0.4, 0.5) is 4.79 Å². The van der Waals surface area contributed by atoms with Crippen LogP contribution in [0.2, 0.25) is 0 Å². The van der Waals surface area contributed by atoms with Gasteiger partial charge in [-0.15, -0.1) is 0 Å². The Morgan fingerprint density at radius 2 is 1.66 bits per heavy atom. The van der Waals surface area contributed by atoms with Gasteiger partial charge in [-0.3, -0.25) is 4.79 Å². The summed E-state index contributed by atoms with van der Waals surface area (Å²) in [6.45, 7) is 4.65. The third-order valence-corrected chi connectivity index (χ3v) is 6.23. The second-order valence-electron chi connectivity index (χ2n) is 6.13. The second kappa shape index (κ2) is 10.6. The van der Waals surface area contributed by atoms with Crippen molar-refractivity contribution in [3.05, 3.63) is 54.0 Å². The van der Waals surface area contributed by atoms with E-state index < -0.39 is 16.1 Å². The maximum Gasteiger partial charge on any atom is 0.315 e. The van der Waals surface area contributed by atoms with E-state index >= 15 is 0 Å². The van der Waals surface area contributed by atoms with E-state index in [4.69, 9.17) is 4.42 Å². The molecular formula is C19H26N4O5S. The van der Waals surface area contributed by atoms with Gasteiger partial charge in [-0.25, -0.2) is 13.2 Å². The maximum absolute atomic E-state index is 12.5. The third kappa shape index (κ3) is 6.61. The summed E-state index contributed by atoms with van der Waals surface area (Å²) >= 11 is 0. The van der Waals surface area contributed by atoms with E-state index in [-0.39, 0.29) is 30.4 Å². The molecule has 1 aromatic heterocycles. The molecule has 158 valence electrons. The third-order valence-electron chi connectivity index (χ3n) is 4.17. The molecule has 2 rings (SSSR count). The Bertz CT molecular complexity index is 891. The predicted octanol–water partition coefficient (Wildman–Crippen LogP) is 1.43. The van der Waals surface area contributed by atoms with Crippen LogP contribution in [0, 0.1) is 0 Å². The van der Waals surface area contributed by atoms with Gasteiger partial charge >= 0.3 is 6.03 Å². The van der Waals surface area contributed by atoms with E-state index in [1.165, 1.54) is 22.7 Å². The van der Waals surface area contributed by atoms with E-state index in [2.05, 4.69) is 16.0 Å². The van der Waals surface area contributed by atoms with Crippen molar-refractivity contribution in [2.24, 2.45) is 0 Å². The van der Waals surface area contributed by atoms with Gasteiger partial charge < -0.3 is 20.4 Å². The van der Waals surface area contributed by atoms with Gasteiger partial charge in [-0.2, -0.15) is 4.31 Å². The molecule has 3 amide bonds. The Kier molecular flexibility index (Phi) is 8.22. The van der Waals surface area contributed by atoms with Crippen molar-refractivity contribution in [2.75, 3.05) is 19.6 Å². The van der Waals surface area contributed by atoms with Crippen LogP contribution in [0.1, 0.15) is 25.2 Å². The maximum atomic E-state index is 12.5. The molecule has 10 heteroatoms. The molecule has 0 aliphatic rings. The molecular weight excluding hydrogens is 396 g/mol. The summed E-state index contributed by atoms with van der Waals surface area (Å²) in [6.07, 6.45) is 1.51. The molecule has 1 aromatic carbocycles. The van der Waals surface area contributed by atoms with Crippen LogP contribution in [0.15, 0.2) is 52.0 Å². The minimum absolute atomic E-state index is 0.173. The smallest absolute Gasteiger partial charge is 0.315 e. The quantitative estimate of drug-likeness (QED) is 0.535. The summed E-state index contributed by atoms with van der Waals surface area (Å²) in [6, 6.07) is 9.28. The van der Waals surface area contributed by atoms with Crippen molar-refractivity contribution >= 4 is 22.0 Å². The number of nitrogens with one attached hydrogen (secondary N) is 3. The van der Waals surface area contributed by atoms with Crippen LogP contribution >= 0.6 is 0 Å². The average molecular weight is 423 g/mol.